The lowest BCUT2D eigenvalue weighted by atomic mass is 10.1. The Morgan fingerprint density at radius 1 is 1.05 bits per heavy atom. The van der Waals surface area contributed by atoms with Crippen LogP contribution in [0.2, 0.25) is 10.0 Å². The van der Waals surface area contributed by atoms with Crippen molar-refractivity contribution in [2.45, 2.75) is 13.0 Å². The Morgan fingerprint density at radius 2 is 1.84 bits per heavy atom. The summed E-state index contributed by atoms with van der Waals surface area (Å²) >= 11 is 11.9. The first-order chi connectivity index (χ1) is 9.16. The van der Waals surface area contributed by atoms with Gasteiger partial charge in [-0.05, 0) is 42.8 Å². The quantitative estimate of drug-likeness (QED) is 0.803. The summed E-state index contributed by atoms with van der Waals surface area (Å²) in [5, 5.41) is 4.37. The molecule has 2 aromatic carbocycles. The molecule has 19 heavy (non-hydrogen) atoms. The van der Waals surface area contributed by atoms with Crippen LogP contribution in [0, 0.1) is 5.82 Å². The van der Waals surface area contributed by atoms with Gasteiger partial charge in [-0.3, -0.25) is 0 Å². The molecular formula is C15H14Cl2FN. The number of nitrogens with one attached hydrogen (secondary N) is 1. The molecule has 0 saturated heterocycles. The molecule has 0 aromatic heterocycles. The number of rotatable bonds is 5. The fraction of sp³-hybridized carbons (Fsp3) is 0.200. The maximum Gasteiger partial charge on any atom is 0.129 e. The molecule has 0 amide bonds. The molecule has 4 heteroatoms. The van der Waals surface area contributed by atoms with Crippen molar-refractivity contribution in [1.29, 1.82) is 0 Å². The summed E-state index contributed by atoms with van der Waals surface area (Å²) in [6.45, 7) is 1.16. The molecule has 0 radical (unpaired) electrons. The Morgan fingerprint density at radius 3 is 2.58 bits per heavy atom. The lowest BCUT2D eigenvalue weighted by Gasteiger charge is -2.08. The molecule has 0 aliphatic heterocycles. The first-order valence-electron chi connectivity index (χ1n) is 6.05. The molecule has 2 aromatic rings. The van der Waals surface area contributed by atoms with Gasteiger partial charge in [0.05, 0.1) is 0 Å². The zero-order valence-electron chi connectivity index (χ0n) is 10.3. The standard InChI is InChI=1S/C15H14Cl2FN/c16-12-4-1-3-11(9-12)7-8-19-10-13-14(17)5-2-6-15(13)18/h1-6,9,19H,7-8,10H2. The third-order valence-electron chi connectivity index (χ3n) is 2.84. The highest BCUT2D eigenvalue weighted by Crippen LogP contribution is 2.18. The predicted molar refractivity (Wildman–Crippen MR) is 78.3 cm³/mol. The fourth-order valence-electron chi connectivity index (χ4n) is 1.84. The maximum absolute atomic E-state index is 13.5. The van der Waals surface area contributed by atoms with Crippen LogP contribution in [-0.2, 0) is 13.0 Å². The summed E-state index contributed by atoms with van der Waals surface area (Å²) in [5.74, 6) is -0.275. The normalized spacial score (nSPS) is 10.7. The maximum atomic E-state index is 13.5. The molecule has 0 spiro atoms. The highest BCUT2D eigenvalue weighted by Gasteiger charge is 2.05. The van der Waals surface area contributed by atoms with Crippen molar-refractivity contribution in [3.63, 3.8) is 0 Å². The van der Waals surface area contributed by atoms with Crippen LogP contribution in [0.5, 0.6) is 0 Å². The van der Waals surface area contributed by atoms with E-state index in [0.29, 0.717) is 17.1 Å². The van der Waals surface area contributed by atoms with Crippen molar-refractivity contribution < 1.29 is 4.39 Å². The van der Waals surface area contributed by atoms with Gasteiger partial charge < -0.3 is 5.32 Å². The van der Waals surface area contributed by atoms with Gasteiger partial charge in [-0.2, -0.15) is 0 Å². The second-order valence-electron chi connectivity index (χ2n) is 4.26. The number of hydrogen-bond acceptors (Lipinski definition) is 1. The smallest absolute Gasteiger partial charge is 0.129 e. The van der Waals surface area contributed by atoms with E-state index in [-0.39, 0.29) is 5.82 Å². The molecule has 0 atom stereocenters. The van der Waals surface area contributed by atoms with E-state index in [2.05, 4.69) is 5.32 Å². The summed E-state index contributed by atoms with van der Waals surface area (Å²) in [5.41, 5.74) is 1.66. The molecule has 100 valence electrons. The van der Waals surface area contributed by atoms with E-state index < -0.39 is 0 Å². The van der Waals surface area contributed by atoms with Crippen LogP contribution in [0.25, 0.3) is 0 Å². The minimum absolute atomic E-state index is 0.275. The summed E-state index contributed by atoms with van der Waals surface area (Å²) in [6, 6.07) is 12.4. The molecule has 1 N–H and O–H groups in total. The zero-order valence-corrected chi connectivity index (χ0v) is 11.8. The van der Waals surface area contributed by atoms with Gasteiger partial charge in [0.1, 0.15) is 5.82 Å². The Kier molecular flexibility index (Phi) is 5.20. The number of benzene rings is 2. The third kappa shape index (κ3) is 4.20. The van der Waals surface area contributed by atoms with Gasteiger partial charge in [-0.15, -0.1) is 0 Å². The molecule has 1 nitrogen and oxygen atoms in total. The molecule has 0 heterocycles. The molecule has 0 aliphatic rings. The van der Waals surface area contributed by atoms with Gasteiger partial charge in [0, 0.05) is 22.2 Å². The largest absolute Gasteiger partial charge is 0.312 e. The van der Waals surface area contributed by atoms with Crippen molar-refractivity contribution in [2.75, 3.05) is 6.54 Å². The van der Waals surface area contributed by atoms with Crippen molar-refractivity contribution in [2.24, 2.45) is 0 Å². The number of hydrogen-bond donors (Lipinski definition) is 1. The van der Waals surface area contributed by atoms with Crippen molar-refractivity contribution in [1.82, 2.24) is 5.32 Å². The van der Waals surface area contributed by atoms with Crippen molar-refractivity contribution in [3.8, 4) is 0 Å². The second-order valence-corrected chi connectivity index (χ2v) is 5.10. The Bertz CT molecular complexity index is 537. The molecule has 0 saturated carbocycles. The van der Waals surface area contributed by atoms with Crippen LogP contribution in [-0.4, -0.2) is 6.54 Å². The van der Waals surface area contributed by atoms with Gasteiger partial charge in [-0.1, -0.05) is 41.4 Å². The first kappa shape index (κ1) is 14.3. The van der Waals surface area contributed by atoms with Crippen LogP contribution >= 0.6 is 23.2 Å². The topological polar surface area (TPSA) is 12.0 Å². The van der Waals surface area contributed by atoms with E-state index in [0.717, 1.165) is 23.6 Å². The Balaban J connectivity index is 1.84. The van der Waals surface area contributed by atoms with E-state index in [1.807, 2.05) is 24.3 Å². The van der Waals surface area contributed by atoms with Crippen LogP contribution in [0.4, 0.5) is 4.39 Å². The van der Waals surface area contributed by atoms with E-state index in [9.17, 15) is 4.39 Å². The van der Waals surface area contributed by atoms with Gasteiger partial charge in [0.15, 0.2) is 0 Å². The van der Waals surface area contributed by atoms with E-state index in [1.54, 1.807) is 12.1 Å². The van der Waals surface area contributed by atoms with Crippen molar-refractivity contribution >= 4 is 23.2 Å². The van der Waals surface area contributed by atoms with Crippen LogP contribution < -0.4 is 5.32 Å². The van der Waals surface area contributed by atoms with Gasteiger partial charge in [0.2, 0.25) is 0 Å². The average Bonchev–Trinajstić information content (AvgIpc) is 2.37. The summed E-state index contributed by atoms with van der Waals surface area (Å²) in [6.07, 6.45) is 0.840. The monoisotopic (exact) mass is 297 g/mol. The molecular weight excluding hydrogens is 284 g/mol. The Hall–Kier alpha value is -1.09. The molecule has 0 aliphatic carbocycles. The predicted octanol–water partition coefficient (Wildman–Crippen LogP) is 4.46. The zero-order chi connectivity index (χ0) is 13.7. The van der Waals surface area contributed by atoms with Crippen LogP contribution in [0.15, 0.2) is 42.5 Å². The first-order valence-corrected chi connectivity index (χ1v) is 6.80. The lowest BCUT2D eigenvalue weighted by Crippen LogP contribution is -2.17. The van der Waals surface area contributed by atoms with Gasteiger partial charge >= 0.3 is 0 Å². The van der Waals surface area contributed by atoms with Crippen molar-refractivity contribution in [3.05, 3.63) is 69.5 Å². The molecule has 0 unspecified atom stereocenters. The SMILES string of the molecule is Fc1cccc(Cl)c1CNCCc1cccc(Cl)c1. The summed E-state index contributed by atoms with van der Waals surface area (Å²) in [7, 11) is 0. The van der Waals surface area contributed by atoms with Crippen LogP contribution in [0.1, 0.15) is 11.1 Å². The van der Waals surface area contributed by atoms with E-state index in [4.69, 9.17) is 23.2 Å². The third-order valence-corrected chi connectivity index (χ3v) is 3.43. The second kappa shape index (κ2) is 6.90. The summed E-state index contributed by atoms with van der Waals surface area (Å²) < 4.78 is 13.5. The molecule has 0 fully saturated rings. The minimum atomic E-state index is -0.275. The molecule has 0 bridgehead atoms. The minimum Gasteiger partial charge on any atom is -0.312 e. The van der Waals surface area contributed by atoms with E-state index >= 15 is 0 Å². The fourth-order valence-corrected chi connectivity index (χ4v) is 2.28. The highest BCUT2D eigenvalue weighted by atomic mass is 35.5. The highest BCUT2D eigenvalue weighted by molar-refractivity contribution is 6.31. The van der Waals surface area contributed by atoms with Crippen LogP contribution in [0.3, 0.4) is 0 Å². The summed E-state index contributed by atoms with van der Waals surface area (Å²) in [4.78, 5) is 0. The van der Waals surface area contributed by atoms with E-state index in [1.165, 1.54) is 6.07 Å². The van der Waals surface area contributed by atoms with Gasteiger partial charge in [0.25, 0.3) is 0 Å². The number of halogens is 3. The lowest BCUT2D eigenvalue weighted by molar-refractivity contribution is 0.588. The average molecular weight is 298 g/mol. The Labute approximate surface area is 122 Å². The molecule has 2 rings (SSSR count). The van der Waals surface area contributed by atoms with Gasteiger partial charge in [-0.25, -0.2) is 4.39 Å².